The maximum atomic E-state index is 11.1. The Morgan fingerprint density at radius 3 is 2.32 bits per heavy atom. The molecule has 3 nitrogen and oxygen atoms in total. The lowest BCUT2D eigenvalue weighted by Crippen LogP contribution is -2.55. The Kier molecular flexibility index (Phi) is 4.29. The largest absolute Gasteiger partial charge is 0.389 e. The molecule has 1 atom stereocenters. The van der Waals surface area contributed by atoms with Crippen molar-refractivity contribution in [2.24, 2.45) is 22.5 Å². The van der Waals surface area contributed by atoms with Gasteiger partial charge in [0.2, 0.25) is 0 Å². The molecule has 0 bridgehead atoms. The highest BCUT2D eigenvalue weighted by Gasteiger charge is 2.53. The Balaban J connectivity index is 2.05. The second-order valence-electron chi connectivity index (χ2n) is 7.44. The molecule has 0 amide bonds. The second-order valence-corrected chi connectivity index (χ2v) is 7.44. The number of hydrogen-bond donors (Lipinski definition) is 2. The van der Waals surface area contributed by atoms with Gasteiger partial charge in [-0.25, -0.2) is 0 Å². The van der Waals surface area contributed by atoms with E-state index >= 15 is 0 Å². The van der Waals surface area contributed by atoms with Crippen molar-refractivity contribution in [3.05, 3.63) is 0 Å². The van der Waals surface area contributed by atoms with Crippen molar-refractivity contribution in [3.63, 3.8) is 0 Å². The van der Waals surface area contributed by atoms with Gasteiger partial charge < -0.3 is 15.6 Å². The SMILES string of the molecule is CCC(C)(C)C1CCC(O)(C2(CN)CCOC2)CC1. The van der Waals surface area contributed by atoms with E-state index < -0.39 is 5.60 Å². The third-order valence-electron chi connectivity index (χ3n) is 6.31. The smallest absolute Gasteiger partial charge is 0.0739 e. The Hall–Kier alpha value is -0.120. The minimum Gasteiger partial charge on any atom is -0.389 e. The molecule has 0 spiro atoms. The number of nitrogens with two attached hydrogens (primary N) is 1. The summed E-state index contributed by atoms with van der Waals surface area (Å²) < 4.78 is 5.55. The highest BCUT2D eigenvalue weighted by molar-refractivity contribution is 5.04. The zero-order valence-electron chi connectivity index (χ0n) is 12.9. The second kappa shape index (κ2) is 5.34. The maximum absolute atomic E-state index is 11.1. The van der Waals surface area contributed by atoms with Gasteiger partial charge >= 0.3 is 0 Å². The fourth-order valence-corrected chi connectivity index (χ4v) is 4.02. The molecule has 112 valence electrons. The third kappa shape index (κ3) is 2.57. The first kappa shape index (κ1) is 15.3. The molecule has 2 fully saturated rings. The van der Waals surface area contributed by atoms with E-state index in [-0.39, 0.29) is 5.41 Å². The van der Waals surface area contributed by atoms with Crippen molar-refractivity contribution in [1.82, 2.24) is 0 Å². The van der Waals surface area contributed by atoms with E-state index in [2.05, 4.69) is 20.8 Å². The first-order valence-electron chi connectivity index (χ1n) is 7.89. The molecule has 1 aliphatic heterocycles. The molecule has 1 saturated carbocycles. The van der Waals surface area contributed by atoms with E-state index in [9.17, 15) is 5.11 Å². The summed E-state index contributed by atoms with van der Waals surface area (Å²) in [5.74, 6) is 0.731. The Morgan fingerprint density at radius 1 is 1.26 bits per heavy atom. The minimum atomic E-state index is -0.599. The molecule has 2 rings (SSSR count). The molecule has 3 heteroatoms. The molecule has 0 aromatic heterocycles. The number of rotatable bonds is 4. The topological polar surface area (TPSA) is 55.5 Å². The molecule has 2 aliphatic rings. The molecule has 0 radical (unpaired) electrons. The highest BCUT2D eigenvalue weighted by atomic mass is 16.5. The van der Waals surface area contributed by atoms with Crippen LogP contribution >= 0.6 is 0 Å². The van der Waals surface area contributed by atoms with Gasteiger partial charge in [-0.2, -0.15) is 0 Å². The van der Waals surface area contributed by atoms with E-state index in [0.29, 0.717) is 18.6 Å². The van der Waals surface area contributed by atoms with Gasteiger partial charge in [0, 0.05) is 18.6 Å². The first-order chi connectivity index (χ1) is 8.89. The van der Waals surface area contributed by atoms with Crippen molar-refractivity contribution in [2.75, 3.05) is 19.8 Å². The lowest BCUT2D eigenvalue weighted by Gasteiger charge is -2.50. The van der Waals surface area contributed by atoms with Crippen LogP contribution in [-0.2, 0) is 4.74 Å². The van der Waals surface area contributed by atoms with Gasteiger partial charge in [-0.1, -0.05) is 27.2 Å². The average molecular weight is 269 g/mol. The fourth-order valence-electron chi connectivity index (χ4n) is 4.02. The maximum Gasteiger partial charge on any atom is 0.0739 e. The summed E-state index contributed by atoms with van der Waals surface area (Å²) in [5.41, 5.74) is 5.60. The van der Waals surface area contributed by atoms with E-state index in [4.69, 9.17) is 10.5 Å². The lowest BCUT2D eigenvalue weighted by molar-refractivity contribution is -0.121. The summed E-state index contributed by atoms with van der Waals surface area (Å²) >= 11 is 0. The molecule has 1 unspecified atom stereocenters. The van der Waals surface area contributed by atoms with Crippen LogP contribution in [0, 0.1) is 16.7 Å². The highest BCUT2D eigenvalue weighted by Crippen LogP contribution is 2.51. The van der Waals surface area contributed by atoms with Crippen molar-refractivity contribution < 1.29 is 9.84 Å². The zero-order valence-corrected chi connectivity index (χ0v) is 12.9. The van der Waals surface area contributed by atoms with E-state index in [1.807, 2.05) is 0 Å². The number of aliphatic hydroxyl groups is 1. The fraction of sp³-hybridized carbons (Fsp3) is 1.00. The van der Waals surface area contributed by atoms with Crippen molar-refractivity contribution in [2.45, 2.75) is 64.9 Å². The van der Waals surface area contributed by atoms with Crippen LogP contribution in [0.4, 0.5) is 0 Å². The van der Waals surface area contributed by atoms with Crippen LogP contribution in [0.5, 0.6) is 0 Å². The van der Waals surface area contributed by atoms with Gasteiger partial charge in [0.05, 0.1) is 12.2 Å². The average Bonchev–Trinajstić information content (AvgIpc) is 2.90. The monoisotopic (exact) mass is 269 g/mol. The number of ether oxygens (including phenoxy) is 1. The van der Waals surface area contributed by atoms with Crippen LogP contribution in [-0.4, -0.2) is 30.5 Å². The van der Waals surface area contributed by atoms with Crippen molar-refractivity contribution >= 4 is 0 Å². The minimum absolute atomic E-state index is 0.186. The third-order valence-corrected chi connectivity index (χ3v) is 6.31. The van der Waals surface area contributed by atoms with E-state index in [0.717, 1.165) is 44.6 Å². The molecule has 1 saturated heterocycles. The van der Waals surface area contributed by atoms with Crippen LogP contribution in [0.25, 0.3) is 0 Å². The van der Waals surface area contributed by atoms with Gasteiger partial charge in [0.15, 0.2) is 0 Å². The van der Waals surface area contributed by atoms with E-state index in [1.54, 1.807) is 0 Å². The molecule has 0 aromatic rings. The van der Waals surface area contributed by atoms with Crippen LogP contribution < -0.4 is 5.73 Å². The Bertz CT molecular complexity index is 300. The predicted octanol–water partition coefficient (Wildman–Crippen LogP) is 2.71. The first-order valence-corrected chi connectivity index (χ1v) is 7.89. The van der Waals surface area contributed by atoms with Gasteiger partial charge in [0.25, 0.3) is 0 Å². The van der Waals surface area contributed by atoms with Crippen LogP contribution in [0.1, 0.15) is 59.3 Å². The molecule has 1 aliphatic carbocycles. The predicted molar refractivity (Wildman–Crippen MR) is 77.9 cm³/mol. The molecule has 1 heterocycles. The summed E-state index contributed by atoms with van der Waals surface area (Å²) in [4.78, 5) is 0. The molecule has 19 heavy (non-hydrogen) atoms. The molecular weight excluding hydrogens is 238 g/mol. The molecule has 3 N–H and O–H groups in total. The Morgan fingerprint density at radius 2 is 1.89 bits per heavy atom. The van der Waals surface area contributed by atoms with Gasteiger partial charge in [-0.3, -0.25) is 0 Å². The Labute approximate surface area is 117 Å². The van der Waals surface area contributed by atoms with Crippen molar-refractivity contribution in [1.29, 1.82) is 0 Å². The summed E-state index contributed by atoms with van der Waals surface area (Å²) in [5, 5.41) is 11.1. The van der Waals surface area contributed by atoms with Gasteiger partial charge in [0.1, 0.15) is 0 Å². The quantitative estimate of drug-likeness (QED) is 0.825. The summed E-state index contributed by atoms with van der Waals surface area (Å²) in [6.07, 6.45) is 6.16. The lowest BCUT2D eigenvalue weighted by atomic mass is 9.59. The number of hydrogen-bond acceptors (Lipinski definition) is 3. The van der Waals surface area contributed by atoms with Crippen LogP contribution in [0.15, 0.2) is 0 Å². The van der Waals surface area contributed by atoms with Crippen molar-refractivity contribution in [3.8, 4) is 0 Å². The van der Waals surface area contributed by atoms with Crippen LogP contribution in [0.3, 0.4) is 0 Å². The van der Waals surface area contributed by atoms with Crippen LogP contribution in [0.2, 0.25) is 0 Å². The summed E-state index contributed by atoms with van der Waals surface area (Å²) in [6.45, 7) is 8.93. The normalized spacial score (nSPS) is 40.6. The van der Waals surface area contributed by atoms with E-state index in [1.165, 1.54) is 6.42 Å². The van der Waals surface area contributed by atoms with Gasteiger partial charge in [-0.15, -0.1) is 0 Å². The summed E-state index contributed by atoms with van der Waals surface area (Å²) in [6, 6.07) is 0. The molecular formula is C16H31NO2. The zero-order chi connectivity index (χ0) is 14.1. The molecule has 0 aromatic carbocycles. The summed E-state index contributed by atoms with van der Waals surface area (Å²) in [7, 11) is 0. The standard InChI is InChI=1S/C16H31NO2/c1-4-14(2,3)13-5-7-16(18,8-6-13)15(11-17)9-10-19-12-15/h13,18H,4-12,17H2,1-3H3. The van der Waals surface area contributed by atoms with Gasteiger partial charge in [-0.05, 0) is 43.4 Å².